The molecule has 0 aromatic rings. The van der Waals surface area contributed by atoms with Crippen molar-refractivity contribution in [3.05, 3.63) is 33.1 Å². The molecule has 0 spiro atoms. The van der Waals surface area contributed by atoms with E-state index in [1.54, 1.807) is 20.8 Å². The number of dihydropyridines is 1. The van der Waals surface area contributed by atoms with Gasteiger partial charge in [-0.1, -0.05) is 11.6 Å². The molecule has 0 saturated heterocycles. The standard InChI is InChI=1S/C18H23ClFNO4/c1-9(2)25-18(23)14-10(3)21-13(8-20)16(17(22)24-4)15(14)11-6-5-7-12(11)19/h9,15,21H,5-8H2,1-4H3. The Bertz CT molecular complexity index is 679. The topological polar surface area (TPSA) is 64.6 Å². The highest BCUT2D eigenvalue weighted by Crippen LogP contribution is 2.44. The highest BCUT2D eigenvalue weighted by molar-refractivity contribution is 6.30. The number of hydrogen-bond donors (Lipinski definition) is 1. The van der Waals surface area contributed by atoms with Crippen LogP contribution in [-0.2, 0) is 19.1 Å². The Kier molecular flexibility index (Phi) is 6.27. The molecule has 2 aliphatic rings. The summed E-state index contributed by atoms with van der Waals surface area (Å²) in [6.07, 6.45) is 1.80. The Labute approximate surface area is 151 Å². The van der Waals surface area contributed by atoms with Crippen LogP contribution in [0, 0.1) is 5.92 Å². The molecule has 138 valence electrons. The second kappa shape index (κ2) is 8.04. The van der Waals surface area contributed by atoms with Gasteiger partial charge in [-0.3, -0.25) is 0 Å². The van der Waals surface area contributed by atoms with E-state index >= 15 is 0 Å². The molecule has 0 aromatic heterocycles. The Hall–Kier alpha value is -1.82. The van der Waals surface area contributed by atoms with Gasteiger partial charge >= 0.3 is 11.9 Å². The number of alkyl halides is 1. The minimum atomic E-state index is -0.879. The third kappa shape index (κ3) is 3.89. The predicted octanol–water partition coefficient (Wildman–Crippen LogP) is 3.50. The van der Waals surface area contributed by atoms with Crippen molar-refractivity contribution in [1.29, 1.82) is 0 Å². The minimum absolute atomic E-state index is 0.0846. The van der Waals surface area contributed by atoms with Gasteiger partial charge in [0.05, 0.1) is 30.1 Å². The van der Waals surface area contributed by atoms with Crippen molar-refractivity contribution in [2.24, 2.45) is 5.92 Å². The maximum atomic E-state index is 13.6. The van der Waals surface area contributed by atoms with Crippen LogP contribution in [0.5, 0.6) is 0 Å². The lowest BCUT2D eigenvalue weighted by Crippen LogP contribution is -2.36. The minimum Gasteiger partial charge on any atom is -0.466 e. The van der Waals surface area contributed by atoms with Crippen molar-refractivity contribution in [2.45, 2.75) is 46.1 Å². The van der Waals surface area contributed by atoms with Crippen molar-refractivity contribution < 1.29 is 23.5 Å². The van der Waals surface area contributed by atoms with Gasteiger partial charge in [-0.25, -0.2) is 14.0 Å². The first kappa shape index (κ1) is 19.5. The molecule has 25 heavy (non-hydrogen) atoms. The molecule has 1 aliphatic carbocycles. The van der Waals surface area contributed by atoms with E-state index in [-0.39, 0.29) is 22.9 Å². The van der Waals surface area contributed by atoms with Gasteiger partial charge in [-0.2, -0.15) is 0 Å². The largest absolute Gasteiger partial charge is 0.466 e. The van der Waals surface area contributed by atoms with Gasteiger partial charge in [-0.05, 0) is 45.6 Å². The number of carbonyl (C=O) groups is 2. The van der Waals surface area contributed by atoms with E-state index in [2.05, 4.69) is 5.32 Å². The molecule has 1 unspecified atom stereocenters. The zero-order valence-corrected chi connectivity index (χ0v) is 15.6. The highest BCUT2D eigenvalue weighted by atomic mass is 35.5. The predicted molar refractivity (Wildman–Crippen MR) is 92.3 cm³/mol. The van der Waals surface area contributed by atoms with Gasteiger partial charge in [0.2, 0.25) is 0 Å². The molecule has 1 heterocycles. The average molecular weight is 372 g/mol. The molecule has 0 amide bonds. The quantitative estimate of drug-likeness (QED) is 0.749. The zero-order valence-electron chi connectivity index (χ0n) is 14.9. The smallest absolute Gasteiger partial charge is 0.336 e. The van der Waals surface area contributed by atoms with Crippen LogP contribution in [0.1, 0.15) is 40.0 Å². The number of nitrogens with one attached hydrogen (secondary N) is 1. The molecular weight excluding hydrogens is 349 g/mol. The molecule has 2 rings (SSSR count). The number of ether oxygens (including phenoxy) is 2. The Morgan fingerprint density at radius 2 is 1.96 bits per heavy atom. The molecule has 0 bridgehead atoms. The van der Waals surface area contributed by atoms with Crippen LogP contribution in [0.4, 0.5) is 4.39 Å². The molecule has 0 fully saturated rings. The van der Waals surface area contributed by atoms with Gasteiger partial charge in [0.15, 0.2) is 0 Å². The molecule has 1 aliphatic heterocycles. The summed E-state index contributed by atoms with van der Waals surface area (Å²) in [6, 6.07) is 0. The van der Waals surface area contributed by atoms with Gasteiger partial charge < -0.3 is 14.8 Å². The molecular formula is C18H23ClFNO4. The number of carbonyl (C=O) groups excluding carboxylic acids is 2. The Balaban J connectivity index is 2.63. The Morgan fingerprint density at radius 1 is 1.28 bits per heavy atom. The molecule has 1 atom stereocenters. The number of allylic oxidation sites excluding steroid dienone is 4. The highest BCUT2D eigenvalue weighted by Gasteiger charge is 2.41. The maximum Gasteiger partial charge on any atom is 0.336 e. The summed E-state index contributed by atoms with van der Waals surface area (Å²) < 4.78 is 23.8. The molecule has 0 aromatic carbocycles. The molecule has 0 saturated carbocycles. The summed E-state index contributed by atoms with van der Waals surface area (Å²) in [4.78, 5) is 25.1. The van der Waals surface area contributed by atoms with Crippen LogP contribution in [-0.4, -0.2) is 31.8 Å². The van der Waals surface area contributed by atoms with E-state index in [1.165, 1.54) is 7.11 Å². The number of halogens is 2. The summed E-state index contributed by atoms with van der Waals surface area (Å²) >= 11 is 6.36. The number of methoxy groups -OCH3 is 1. The van der Waals surface area contributed by atoms with Gasteiger partial charge in [0.25, 0.3) is 0 Å². The first-order valence-electron chi connectivity index (χ1n) is 8.25. The SMILES string of the molecule is COC(=O)C1=C(CF)NC(C)=C(C(=O)OC(C)C)C1C1=C(Cl)CCC1. The van der Waals surface area contributed by atoms with E-state index in [9.17, 15) is 14.0 Å². The second-order valence-electron chi connectivity index (χ2n) is 6.35. The van der Waals surface area contributed by atoms with Gasteiger partial charge in [-0.15, -0.1) is 0 Å². The van der Waals surface area contributed by atoms with E-state index in [0.717, 1.165) is 12.0 Å². The first-order valence-corrected chi connectivity index (χ1v) is 8.63. The third-order valence-corrected chi connectivity index (χ3v) is 4.72. The summed E-state index contributed by atoms with van der Waals surface area (Å²) in [5.41, 5.74) is 1.67. The third-order valence-electron chi connectivity index (χ3n) is 4.29. The van der Waals surface area contributed by atoms with Crippen molar-refractivity contribution in [1.82, 2.24) is 5.32 Å². The van der Waals surface area contributed by atoms with E-state index in [4.69, 9.17) is 21.1 Å². The monoisotopic (exact) mass is 371 g/mol. The fourth-order valence-electron chi connectivity index (χ4n) is 3.28. The van der Waals surface area contributed by atoms with Crippen molar-refractivity contribution in [3.8, 4) is 0 Å². The second-order valence-corrected chi connectivity index (χ2v) is 6.81. The van der Waals surface area contributed by atoms with Crippen LogP contribution < -0.4 is 5.32 Å². The van der Waals surface area contributed by atoms with Crippen LogP contribution in [0.25, 0.3) is 0 Å². The normalized spacial score (nSPS) is 21.0. The average Bonchev–Trinajstić information content (AvgIpc) is 2.97. The van der Waals surface area contributed by atoms with E-state index in [1.807, 2.05) is 0 Å². The van der Waals surface area contributed by atoms with Crippen LogP contribution in [0.15, 0.2) is 33.1 Å². The lowest BCUT2D eigenvalue weighted by atomic mass is 9.79. The van der Waals surface area contributed by atoms with Crippen molar-refractivity contribution in [2.75, 3.05) is 13.8 Å². The zero-order chi connectivity index (χ0) is 18.7. The molecule has 1 N–H and O–H groups in total. The van der Waals surface area contributed by atoms with Gasteiger partial charge in [0.1, 0.15) is 6.67 Å². The molecule has 7 heteroatoms. The summed E-state index contributed by atoms with van der Waals surface area (Å²) in [5, 5.41) is 3.43. The van der Waals surface area contributed by atoms with Gasteiger partial charge in [0, 0.05) is 16.6 Å². The van der Waals surface area contributed by atoms with Crippen LogP contribution in [0.2, 0.25) is 0 Å². The fourth-order valence-corrected chi connectivity index (χ4v) is 3.62. The summed E-state index contributed by atoms with van der Waals surface area (Å²) in [6.45, 7) is 4.27. The maximum absolute atomic E-state index is 13.6. The molecule has 5 nitrogen and oxygen atoms in total. The lowest BCUT2D eigenvalue weighted by Gasteiger charge is -2.31. The fraction of sp³-hybridized carbons (Fsp3) is 0.556. The summed E-state index contributed by atoms with van der Waals surface area (Å²) in [5.74, 6) is -1.98. The van der Waals surface area contributed by atoms with Crippen molar-refractivity contribution in [3.63, 3.8) is 0 Å². The Morgan fingerprint density at radius 3 is 2.44 bits per heavy atom. The number of hydrogen-bond acceptors (Lipinski definition) is 5. The number of esters is 2. The lowest BCUT2D eigenvalue weighted by molar-refractivity contribution is -0.143. The van der Waals surface area contributed by atoms with E-state index < -0.39 is 24.5 Å². The molecule has 0 radical (unpaired) electrons. The van der Waals surface area contributed by atoms with Crippen LogP contribution in [0.3, 0.4) is 0 Å². The van der Waals surface area contributed by atoms with Crippen LogP contribution >= 0.6 is 11.6 Å². The first-order chi connectivity index (χ1) is 11.8. The van der Waals surface area contributed by atoms with Crippen molar-refractivity contribution >= 4 is 23.5 Å². The number of rotatable bonds is 5. The summed E-state index contributed by atoms with van der Waals surface area (Å²) in [7, 11) is 1.23. The van der Waals surface area contributed by atoms with E-state index in [0.29, 0.717) is 23.6 Å².